The van der Waals surface area contributed by atoms with Crippen molar-refractivity contribution < 1.29 is 0 Å². The molecule has 1 rings (SSSR count). The Balaban J connectivity index is 0. The first kappa shape index (κ1) is 11.7. The van der Waals surface area contributed by atoms with Gasteiger partial charge in [-0.1, -0.05) is 27.7 Å². The van der Waals surface area contributed by atoms with Crippen LogP contribution in [0, 0.1) is 0 Å². The lowest BCUT2D eigenvalue weighted by atomic mass is 10.4. The van der Waals surface area contributed by atoms with E-state index in [-0.39, 0.29) is 0 Å². The fourth-order valence-electron chi connectivity index (χ4n) is 0.625. The van der Waals surface area contributed by atoms with Crippen LogP contribution in [0.5, 0.6) is 0 Å². The molecule has 0 radical (unpaired) electrons. The molecule has 0 spiro atoms. The van der Waals surface area contributed by atoms with Crippen LogP contribution in [0.25, 0.3) is 0 Å². The normalized spacial score (nSPS) is 14.7. The molecule has 0 unspecified atom stereocenters. The third-order valence-corrected chi connectivity index (χ3v) is 0.957. The summed E-state index contributed by atoms with van der Waals surface area (Å²) in [7, 11) is 0. The Labute approximate surface area is 59.8 Å². The van der Waals surface area contributed by atoms with Crippen molar-refractivity contribution in [3.8, 4) is 0 Å². The van der Waals surface area contributed by atoms with Crippen LogP contribution in [0.3, 0.4) is 0 Å². The number of rotatable bonds is 0. The Morgan fingerprint density at radius 1 is 0.778 bits per heavy atom. The fourth-order valence-corrected chi connectivity index (χ4v) is 0.625. The van der Waals surface area contributed by atoms with Crippen molar-refractivity contribution in [2.24, 2.45) is 0 Å². The van der Waals surface area contributed by atoms with E-state index in [0.717, 1.165) is 0 Å². The molecule has 0 saturated carbocycles. The standard InChI is InChI=1S/C4H9N.2C2H6/c1-2-4-5-3-1;2*1-2/h5H,1-4H2;2*1-2H3. The van der Waals surface area contributed by atoms with Crippen LogP contribution < -0.4 is 5.32 Å². The molecule has 0 atom stereocenters. The Hall–Kier alpha value is -0.0400. The monoisotopic (exact) mass is 131 g/mol. The van der Waals surface area contributed by atoms with Gasteiger partial charge in [0.25, 0.3) is 0 Å². The summed E-state index contributed by atoms with van der Waals surface area (Å²) in [6.45, 7) is 10.5. The molecule has 9 heavy (non-hydrogen) atoms. The molecule has 0 amide bonds. The topological polar surface area (TPSA) is 12.0 Å². The molecule has 1 aliphatic rings. The largest absolute Gasteiger partial charge is 0.317 e. The molecule has 0 aliphatic carbocycles. The zero-order valence-electron chi connectivity index (χ0n) is 7.33. The van der Waals surface area contributed by atoms with Gasteiger partial charge in [-0.3, -0.25) is 0 Å². The summed E-state index contributed by atoms with van der Waals surface area (Å²) in [6.07, 6.45) is 2.78. The van der Waals surface area contributed by atoms with Gasteiger partial charge in [-0.2, -0.15) is 0 Å². The predicted molar refractivity (Wildman–Crippen MR) is 44.8 cm³/mol. The average molecular weight is 131 g/mol. The van der Waals surface area contributed by atoms with Gasteiger partial charge in [-0.15, -0.1) is 0 Å². The summed E-state index contributed by atoms with van der Waals surface area (Å²) in [6, 6.07) is 0. The molecule has 1 saturated heterocycles. The second-order valence-electron chi connectivity index (χ2n) is 1.46. The van der Waals surface area contributed by atoms with Crippen molar-refractivity contribution >= 4 is 0 Å². The lowest BCUT2D eigenvalue weighted by molar-refractivity contribution is 0.857. The van der Waals surface area contributed by atoms with E-state index in [2.05, 4.69) is 5.32 Å². The SMILES string of the molecule is C1CCNC1.CC.CC. The van der Waals surface area contributed by atoms with Gasteiger partial charge in [0.15, 0.2) is 0 Å². The first-order chi connectivity index (χ1) is 4.50. The maximum Gasteiger partial charge on any atom is -0.00484 e. The van der Waals surface area contributed by atoms with E-state index in [9.17, 15) is 0 Å². The molecular formula is C8H21N. The van der Waals surface area contributed by atoms with Crippen LogP contribution in [0.2, 0.25) is 0 Å². The van der Waals surface area contributed by atoms with Crippen LogP contribution in [0.1, 0.15) is 40.5 Å². The molecule has 0 aromatic rings. The third-order valence-electron chi connectivity index (χ3n) is 0.957. The average Bonchev–Trinajstić information content (AvgIpc) is 2.51. The van der Waals surface area contributed by atoms with Crippen molar-refractivity contribution in [2.75, 3.05) is 13.1 Å². The van der Waals surface area contributed by atoms with E-state index in [4.69, 9.17) is 0 Å². The van der Waals surface area contributed by atoms with Gasteiger partial charge < -0.3 is 5.32 Å². The van der Waals surface area contributed by atoms with Crippen molar-refractivity contribution in [1.82, 2.24) is 5.32 Å². The summed E-state index contributed by atoms with van der Waals surface area (Å²) in [5, 5.41) is 3.22. The minimum Gasteiger partial charge on any atom is -0.317 e. The van der Waals surface area contributed by atoms with E-state index in [0.29, 0.717) is 0 Å². The number of nitrogens with one attached hydrogen (secondary N) is 1. The smallest absolute Gasteiger partial charge is 0.00484 e. The molecular weight excluding hydrogens is 110 g/mol. The molecule has 1 nitrogen and oxygen atoms in total. The Morgan fingerprint density at radius 2 is 1.11 bits per heavy atom. The molecule has 1 heterocycles. The zero-order valence-corrected chi connectivity index (χ0v) is 7.33. The number of hydrogen-bond donors (Lipinski definition) is 1. The van der Waals surface area contributed by atoms with Crippen LogP contribution in [0.4, 0.5) is 0 Å². The Morgan fingerprint density at radius 3 is 1.22 bits per heavy atom. The second kappa shape index (κ2) is 15.7. The second-order valence-corrected chi connectivity index (χ2v) is 1.46. The predicted octanol–water partition coefficient (Wildman–Crippen LogP) is 2.42. The van der Waals surface area contributed by atoms with Crippen LogP contribution in [-0.4, -0.2) is 13.1 Å². The highest BCUT2D eigenvalue weighted by Crippen LogP contribution is 1.90. The van der Waals surface area contributed by atoms with Gasteiger partial charge in [0.05, 0.1) is 0 Å². The van der Waals surface area contributed by atoms with Gasteiger partial charge >= 0.3 is 0 Å². The summed E-state index contributed by atoms with van der Waals surface area (Å²) < 4.78 is 0. The number of hydrogen-bond acceptors (Lipinski definition) is 1. The summed E-state index contributed by atoms with van der Waals surface area (Å²) in [5.74, 6) is 0. The molecule has 0 bridgehead atoms. The highest BCUT2D eigenvalue weighted by molar-refractivity contribution is 4.55. The summed E-state index contributed by atoms with van der Waals surface area (Å²) in [5.41, 5.74) is 0. The van der Waals surface area contributed by atoms with Crippen molar-refractivity contribution in [3.05, 3.63) is 0 Å². The highest BCUT2D eigenvalue weighted by Gasteiger charge is 1.93. The fraction of sp³-hybridized carbons (Fsp3) is 1.00. The van der Waals surface area contributed by atoms with Crippen molar-refractivity contribution in [1.29, 1.82) is 0 Å². The lowest BCUT2D eigenvalue weighted by Crippen LogP contribution is -2.03. The van der Waals surface area contributed by atoms with Gasteiger partial charge in [0.1, 0.15) is 0 Å². The van der Waals surface area contributed by atoms with Crippen LogP contribution in [0.15, 0.2) is 0 Å². The molecule has 1 fully saturated rings. The van der Waals surface area contributed by atoms with Gasteiger partial charge in [0.2, 0.25) is 0 Å². The van der Waals surface area contributed by atoms with E-state index in [1.165, 1.54) is 25.9 Å². The quantitative estimate of drug-likeness (QED) is 0.532. The maximum absolute atomic E-state index is 3.22. The Bertz CT molecular complexity index is 16.1. The molecule has 58 valence electrons. The van der Waals surface area contributed by atoms with Crippen LogP contribution in [-0.2, 0) is 0 Å². The van der Waals surface area contributed by atoms with E-state index in [1.807, 2.05) is 27.7 Å². The van der Waals surface area contributed by atoms with Crippen molar-refractivity contribution in [3.63, 3.8) is 0 Å². The zero-order chi connectivity index (χ0) is 7.54. The molecule has 0 aromatic carbocycles. The summed E-state index contributed by atoms with van der Waals surface area (Å²) in [4.78, 5) is 0. The minimum absolute atomic E-state index is 1.25. The van der Waals surface area contributed by atoms with Gasteiger partial charge in [-0.05, 0) is 25.9 Å². The van der Waals surface area contributed by atoms with E-state index >= 15 is 0 Å². The van der Waals surface area contributed by atoms with E-state index in [1.54, 1.807) is 0 Å². The maximum atomic E-state index is 3.22. The van der Waals surface area contributed by atoms with E-state index < -0.39 is 0 Å². The Kier molecular flexibility index (Phi) is 20.4. The lowest BCUT2D eigenvalue weighted by Gasteiger charge is -1.76. The van der Waals surface area contributed by atoms with Gasteiger partial charge in [-0.25, -0.2) is 0 Å². The van der Waals surface area contributed by atoms with Crippen LogP contribution >= 0.6 is 0 Å². The molecule has 1 N–H and O–H groups in total. The first-order valence-corrected chi connectivity index (χ1v) is 4.21. The first-order valence-electron chi connectivity index (χ1n) is 4.21. The third kappa shape index (κ3) is 11.5. The molecule has 0 aromatic heterocycles. The molecule has 1 aliphatic heterocycles. The molecule has 1 heteroatoms. The summed E-state index contributed by atoms with van der Waals surface area (Å²) >= 11 is 0. The minimum atomic E-state index is 1.25. The van der Waals surface area contributed by atoms with Crippen molar-refractivity contribution in [2.45, 2.75) is 40.5 Å². The highest BCUT2D eigenvalue weighted by atomic mass is 14.9. The van der Waals surface area contributed by atoms with Gasteiger partial charge in [0, 0.05) is 0 Å².